The SMILES string of the molecule is Cc1cc(N2CC(C)OC(C)C2C)c(C)cc1NC(=O)c1ccc(NS(=O)(=O)C(C)C)cc1. The summed E-state index contributed by atoms with van der Waals surface area (Å²) in [5.41, 5.74) is 4.86. The van der Waals surface area contributed by atoms with Crippen LogP contribution in [0.2, 0.25) is 0 Å². The number of nitrogens with zero attached hydrogens (tertiary/aromatic N) is 1. The van der Waals surface area contributed by atoms with Crippen LogP contribution in [0.5, 0.6) is 0 Å². The van der Waals surface area contributed by atoms with Crippen LogP contribution in [0.1, 0.15) is 56.1 Å². The van der Waals surface area contributed by atoms with Gasteiger partial charge in [-0.2, -0.15) is 0 Å². The quantitative estimate of drug-likeness (QED) is 0.635. The van der Waals surface area contributed by atoms with Crippen LogP contribution in [0.15, 0.2) is 36.4 Å². The summed E-state index contributed by atoms with van der Waals surface area (Å²) in [6.45, 7) is 14.4. The zero-order chi connectivity index (χ0) is 24.5. The van der Waals surface area contributed by atoms with E-state index in [1.54, 1.807) is 38.1 Å². The van der Waals surface area contributed by atoms with Gasteiger partial charge in [0.25, 0.3) is 5.91 Å². The molecular formula is C25H35N3O4S. The molecule has 1 fully saturated rings. The van der Waals surface area contributed by atoms with Crippen LogP contribution in [0, 0.1) is 13.8 Å². The molecule has 1 heterocycles. The van der Waals surface area contributed by atoms with Gasteiger partial charge in [-0.1, -0.05) is 0 Å². The minimum absolute atomic E-state index is 0.140. The molecule has 1 aliphatic heterocycles. The predicted molar refractivity (Wildman–Crippen MR) is 135 cm³/mol. The molecule has 8 heteroatoms. The zero-order valence-corrected chi connectivity index (χ0v) is 21.3. The molecule has 0 aromatic heterocycles. The van der Waals surface area contributed by atoms with E-state index in [1.165, 1.54) is 0 Å². The number of ether oxygens (including phenoxy) is 1. The number of benzene rings is 2. The van der Waals surface area contributed by atoms with Crippen molar-refractivity contribution in [2.24, 2.45) is 0 Å². The molecule has 1 saturated heterocycles. The van der Waals surface area contributed by atoms with Gasteiger partial charge in [-0.05, 0) is 96.0 Å². The molecule has 3 unspecified atom stereocenters. The van der Waals surface area contributed by atoms with Gasteiger partial charge >= 0.3 is 0 Å². The van der Waals surface area contributed by atoms with Crippen molar-refractivity contribution >= 4 is 33.0 Å². The number of carbonyl (C=O) groups is 1. The fourth-order valence-electron chi connectivity index (χ4n) is 3.95. The maximum Gasteiger partial charge on any atom is 0.255 e. The van der Waals surface area contributed by atoms with Crippen molar-refractivity contribution in [3.05, 3.63) is 53.1 Å². The third-order valence-corrected chi connectivity index (χ3v) is 7.96. The topological polar surface area (TPSA) is 87.7 Å². The van der Waals surface area contributed by atoms with Crippen LogP contribution in [0.25, 0.3) is 0 Å². The summed E-state index contributed by atoms with van der Waals surface area (Å²) in [5, 5.41) is 2.45. The van der Waals surface area contributed by atoms with E-state index in [4.69, 9.17) is 4.74 Å². The first-order valence-electron chi connectivity index (χ1n) is 11.4. The maximum atomic E-state index is 12.8. The van der Waals surface area contributed by atoms with Crippen LogP contribution in [-0.2, 0) is 14.8 Å². The molecule has 1 aliphatic rings. The monoisotopic (exact) mass is 473 g/mol. The Morgan fingerprint density at radius 3 is 2.30 bits per heavy atom. The van der Waals surface area contributed by atoms with Crippen molar-refractivity contribution in [1.82, 2.24) is 0 Å². The molecule has 1 amide bonds. The fraction of sp³-hybridized carbons (Fsp3) is 0.480. The van der Waals surface area contributed by atoms with Gasteiger partial charge in [0.05, 0.1) is 23.5 Å². The first-order valence-corrected chi connectivity index (χ1v) is 12.9. The summed E-state index contributed by atoms with van der Waals surface area (Å²) in [6.07, 6.45) is 0.295. The first kappa shape index (κ1) is 25.1. The van der Waals surface area contributed by atoms with E-state index in [1.807, 2.05) is 13.0 Å². The lowest BCUT2D eigenvalue weighted by molar-refractivity contribution is -0.0258. The van der Waals surface area contributed by atoms with Crippen LogP contribution >= 0.6 is 0 Å². The summed E-state index contributed by atoms with van der Waals surface area (Å²) in [4.78, 5) is 15.2. The van der Waals surface area contributed by atoms with Crippen LogP contribution < -0.4 is 14.9 Å². The van der Waals surface area contributed by atoms with Crippen LogP contribution in [-0.4, -0.2) is 44.4 Å². The number of hydrogen-bond acceptors (Lipinski definition) is 5. The summed E-state index contributed by atoms with van der Waals surface area (Å²) >= 11 is 0. The third-order valence-electron chi connectivity index (χ3n) is 6.20. The smallest absolute Gasteiger partial charge is 0.255 e. The zero-order valence-electron chi connectivity index (χ0n) is 20.5. The number of hydrogen-bond donors (Lipinski definition) is 2. The number of aryl methyl sites for hydroxylation is 2. The van der Waals surface area contributed by atoms with Gasteiger partial charge in [0.2, 0.25) is 10.0 Å². The Hall–Kier alpha value is -2.58. The highest BCUT2D eigenvalue weighted by molar-refractivity contribution is 7.93. The standard InChI is InChI=1S/C25H35N3O4S/c1-15(2)33(30,31)27-22-10-8-21(9-11-22)25(29)26-23-12-17(4)24(13-16(23)3)28-14-18(5)32-20(7)19(28)6/h8-13,15,18-20,27H,14H2,1-7H3,(H,26,29). The molecule has 2 aromatic carbocycles. The molecule has 3 rings (SSSR count). The molecular weight excluding hydrogens is 438 g/mol. The minimum atomic E-state index is -3.43. The fourth-order valence-corrected chi connectivity index (χ4v) is 4.65. The average Bonchev–Trinajstić information content (AvgIpc) is 2.73. The van der Waals surface area contributed by atoms with E-state index in [-0.39, 0.29) is 24.2 Å². The van der Waals surface area contributed by atoms with Gasteiger partial charge in [0, 0.05) is 29.2 Å². The summed E-state index contributed by atoms with van der Waals surface area (Å²) < 4.78 is 32.5. The number of rotatable bonds is 6. The number of nitrogens with one attached hydrogen (secondary N) is 2. The number of morpholine rings is 1. The molecule has 0 saturated carbocycles. The summed E-state index contributed by atoms with van der Waals surface area (Å²) in [5.74, 6) is -0.245. The lowest BCUT2D eigenvalue weighted by Gasteiger charge is -2.43. The second-order valence-electron chi connectivity index (χ2n) is 9.23. The molecule has 7 nitrogen and oxygen atoms in total. The van der Waals surface area contributed by atoms with E-state index >= 15 is 0 Å². The highest BCUT2D eigenvalue weighted by atomic mass is 32.2. The second-order valence-corrected chi connectivity index (χ2v) is 11.5. The molecule has 33 heavy (non-hydrogen) atoms. The number of sulfonamides is 1. The normalized spacial score (nSPS) is 21.2. The molecule has 0 spiro atoms. The largest absolute Gasteiger partial charge is 0.372 e. The molecule has 2 aromatic rings. The van der Waals surface area contributed by atoms with Crippen molar-refractivity contribution in [1.29, 1.82) is 0 Å². The Bertz CT molecular complexity index is 1110. The molecule has 0 aliphatic carbocycles. The molecule has 3 atom stereocenters. The molecule has 2 N–H and O–H groups in total. The molecule has 180 valence electrons. The Morgan fingerprint density at radius 1 is 1.06 bits per heavy atom. The van der Waals surface area contributed by atoms with Gasteiger partial charge in [-0.25, -0.2) is 8.42 Å². The molecule has 0 radical (unpaired) electrons. The van der Waals surface area contributed by atoms with E-state index in [0.717, 1.165) is 29.0 Å². The number of carbonyl (C=O) groups excluding carboxylic acids is 1. The Kier molecular flexibility index (Phi) is 7.39. The van der Waals surface area contributed by atoms with Crippen LogP contribution in [0.4, 0.5) is 17.1 Å². The summed E-state index contributed by atoms with van der Waals surface area (Å²) in [7, 11) is -3.43. The van der Waals surface area contributed by atoms with E-state index in [9.17, 15) is 13.2 Å². The Labute approximate surface area is 197 Å². The van der Waals surface area contributed by atoms with E-state index in [0.29, 0.717) is 11.3 Å². The van der Waals surface area contributed by atoms with Gasteiger partial charge < -0.3 is 15.0 Å². The second kappa shape index (κ2) is 9.73. The Morgan fingerprint density at radius 2 is 1.70 bits per heavy atom. The minimum Gasteiger partial charge on any atom is -0.372 e. The Balaban J connectivity index is 1.76. The predicted octanol–water partition coefficient (Wildman–Crippen LogP) is 4.71. The lowest BCUT2D eigenvalue weighted by Crippen LogP contribution is -2.52. The number of amides is 1. The third kappa shape index (κ3) is 5.68. The van der Waals surface area contributed by atoms with Crippen molar-refractivity contribution in [2.75, 3.05) is 21.5 Å². The summed E-state index contributed by atoms with van der Waals surface area (Å²) in [6, 6.07) is 10.8. The number of anilines is 3. The van der Waals surface area contributed by atoms with E-state index < -0.39 is 15.3 Å². The van der Waals surface area contributed by atoms with Crippen molar-refractivity contribution < 1.29 is 17.9 Å². The van der Waals surface area contributed by atoms with E-state index in [2.05, 4.69) is 48.7 Å². The van der Waals surface area contributed by atoms with Crippen LogP contribution in [0.3, 0.4) is 0 Å². The van der Waals surface area contributed by atoms with Crippen molar-refractivity contribution in [3.8, 4) is 0 Å². The van der Waals surface area contributed by atoms with Gasteiger partial charge in [0.15, 0.2) is 0 Å². The first-order chi connectivity index (χ1) is 15.4. The van der Waals surface area contributed by atoms with Crippen molar-refractivity contribution in [2.45, 2.75) is 72.0 Å². The average molecular weight is 474 g/mol. The highest BCUT2D eigenvalue weighted by Gasteiger charge is 2.30. The van der Waals surface area contributed by atoms with Gasteiger partial charge in [-0.3, -0.25) is 9.52 Å². The van der Waals surface area contributed by atoms with Crippen molar-refractivity contribution in [3.63, 3.8) is 0 Å². The lowest BCUT2D eigenvalue weighted by atomic mass is 10.0. The van der Waals surface area contributed by atoms with Gasteiger partial charge in [-0.15, -0.1) is 0 Å². The maximum absolute atomic E-state index is 12.8. The van der Waals surface area contributed by atoms with Gasteiger partial charge in [0.1, 0.15) is 0 Å². The molecule has 0 bridgehead atoms. The highest BCUT2D eigenvalue weighted by Crippen LogP contribution is 2.32.